The van der Waals surface area contributed by atoms with Crippen LogP contribution in [-0.2, 0) is 4.79 Å². The van der Waals surface area contributed by atoms with Crippen molar-refractivity contribution in [2.75, 3.05) is 37.0 Å². The second kappa shape index (κ2) is 8.65. The lowest BCUT2D eigenvalue weighted by atomic mass is 10.2. The highest BCUT2D eigenvalue weighted by molar-refractivity contribution is 8.01. The summed E-state index contributed by atoms with van der Waals surface area (Å²) in [6.45, 7) is 2.77. The fourth-order valence-corrected chi connectivity index (χ4v) is 3.39. The molecule has 0 saturated carbocycles. The van der Waals surface area contributed by atoms with Gasteiger partial charge in [-0.2, -0.15) is 0 Å². The van der Waals surface area contributed by atoms with Crippen molar-refractivity contribution >= 4 is 45.7 Å². The van der Waals surface area contributed by atoms with E-state index in [1.54, 1.807) is 38.4 Å². The highest BCUT2D eigenvalue weighted by Gasteiger charge is 2.10. The first-order chi connectivity index (χ1) is 11.5. The second-order valence-corrected chi connectivity index (χ2v) is 7.22. The third kappa shape index (κ3) is 5.20. The SMILES string of the molecule is CCNc1nnc(SCC(=O)Nc2ccc(C(=O)N(C)C)cc2)s1. The third-order valence-electron chi connectivity index (χ3n) is 2.88. The summed E-state index contributed by atoms with van der Waals surface area (Å²) in [4.78, 5) is 25.3. The van der Waals surface area contributed by atoms with Crippen LogP contribution in [0.5, 0.6) is 0 Å². The zero-order valence-electron chi connectivity index (χ0n) is 13.7. The van der Waals surface area contributed by atoms with Crippen molar-refractivity contribution in [2.24, 2.45) is 0 Å². The normalized spacial score (nSPS) is 10.3. The lowest BCUT2D eigenvalue weighted by molar-refractivity contribution is -0.113. The van der Waals surface area contributed by atoms with E-state index >= 15 is 0 Å². The van der Waals surface area contributed by atoms with E-state index in [1.807, 2.05) is 6.92 Å². The van der Waals surface area contributed by atoms with Gasteiger partial charge in [-0.05, 0) is 31.2 Å². The fraction of sp³-hybridized carbons (Fsp3) is 0.333. The predicted molar refractivity (Wildman–Crippen MR) is 97.9 cm³/mol. The van der Waals surface area contributed by atoms with Gasteiger partial charge in [-0.15, -0.1) is 10.2 Å². The van der Waals surface area contributed by atoms with Gasteiger partial charge in [0.2, 0.25) is 11.0 Å². The number of carbonyl (C=O) groups is 2. The van der Waals surface area contributed by atoms with Crippen molar-refractivity contribution in [2.45, 2.75) is 11.3 Å². The fourth-order valence-electron chi connectivity index (χ4n) is 1.77. The van der Waals surface area contributed by atoms with Crippen LogP contribution in [0.25, 0.3) is 0 Å². The Kier molecular flexibility index (Phi) is 6.56. The number of carbonyl (C=O) groups excluding carboxylic acids is 2. The van der Waals surface area contributed by atoms with Crippen molar-refractivity contribution in [3.05, 3.63) is 29.8 Å². The quantitative estimate of drug-likeness (QED) is 0.733. The highest BCUT2D eigenvalue weighted by Crippen LogP contribution is 2.25. The van der Waals surface area contributed by atoms with E-state index < -0.39 is 0 Å². The molecule has 0 spiro atoms. The lowest BCUT2D eigenvalue weighted by Gasteiger charge is -2.10. The Labute approximate surface area is 148 Å². The zero-order valence-corrected chi connectivity index (χ0v) is 15.3. The van der Waals surface area contributed by atoms with Gasteiger partial charge in [0.25, 0.3) is 5.91 Å². The summed E-state index contributed by atoms with van der Waals surface area (Å²) in [5.74, 6) is 0.0437. The molecule has 2 aromatic rings. The van der Waals surface area contributed by atoms with Crippen LogP contribution in [0, 0.1) is 0 Å². The van der Waals surface area contributed by atoms with E-state index in [4.69, 9.17) is 0 Å². The van der Waals surface area contributed by atoms with Crippen molar-refractivity contribution in [1.82, 2.24) is 15.1 Å². The molecule has 2 N–H and O–H groups in total. The predicted octanol–water partition coefficient (Wildman–Crippen LogP) is 2.40. The minimum absolute atomic E-state index is 0.0730. The molecule has 0 saturated heterocycles. The summed E-state index contributed by atoms with van der Waals surface area (Å²) in [7, 11) is 3.40. The van der Waals surface area contributed by atoms with E-state index in [9.17, 15) is 9.59 Å². The van der Waals surface area contributed by atoms with Crippen LogP contribution in [-0.4, -0.2) is 53.3 Å². The largest absolute Gasteiger partial charge is 0.360 e. The molecule has 0 radical (unpaired) electrons. The number of amides is 2. The number of anilines is 2. The number of hydrogen-bond acceptors (Lipinski definition) is 7. The van der Waals surface area contributed by atoms with Gasteiger partial charge in [-0.3, -0.25) is 9.59 Å². The molecule has 1 aromatic carbocycles. The Bertz CT molecular complexity index is 700. The first-order valence-corrected chi connectivity index (χ1v) is 9.11. The molecule has 0 aliphatic rings. The maximum atomic E-state index is 12.0. The molecular formula is C15H19N5O2S2. The lowest BCUT2D eigenvalue weighted by Crippen LogP contribution is -2.21. The van der Waals surface area contributed by atoms with Crippen LogP contribution in [0.4, 0.5) is 10.8 Å². The average molecular weight is 365 g/mol. The Balaban J connectivity index is 1.84. The maximum Gasteiger partial charge on any atom is 0.253 e. The van der Waals surface area contributed by atoms with Crippen molar-refractivity contribution in [1.29, 1.82) is 0 Å². The summed E-state index contributed by atoms with van der Waals surface area (Å²) in [6, 6.07) is 6.82. The first kappa shape index (κ1) is 18.2. The molecule has 1 heterocycles. The summed E-state index contributed by atoms with van der Waals surface area (Å²) in [6.07, 6.45) is 0. The number of hydrogen-bond donors (Lipinski definition) is 2. The summed E-state index contributed by atoms with van der Waals surface area (Å²) in [5.41, 5.74) is 1.23. The van der Waals surface area contributed by atoms with Crippen LogP contribution in [0.3, 0.4) is 0 Å². The van der Waals surface area contributed by atoms with Crippen LogP contribution in [0.1, 0.15) is 17.3 Å². The molecular weight excluding hydrogens is 346 g/mol. The van der Waals surface area contributed by atoms with Gasteiger partial charge < -0.3 is 15.5 Å². The van der Waals surface area contributed by atoms with Crippen molar-refractivity contribution < 1.29 is 9.59 Å². The number of nitrogens with one attached hydrogen (secondary N) is 2. The van der Waals surface area contributed by atoms with Gasteiger partial charge in [0.1, 0.15) is 0 Å². The second-order valence-electron chi connectivity index (χ2n) is 5.02. The Morgan fingerprint density at radius 3 is 2.54 bits per heavy atom. The van der Waals surface area contributed by atoms with E-state index in [1.165, 1.54) is 28.0 Å². The van der Waals surface area contributed by atoms with Gasteiger partial charge in [-0.1, -0.05) is 23.1 Å². The molecule has 128 valence electrons. The molecule has 2 rings (SSSR count). The van der Waals surface area contributed by atoms with Gasteiger partial charge >= 0.3 is 0 Å². The maximum absolute atomic E-state index is 12.0. The Morgan fingerprint density at radius 1 is 1.21 bits per heavy atom. The molecule has 2 amide bonds. The third-order valence-corrected chi connectivity index (χ3v) is 4.90. The average Bonchev–Trinajstić information content (AvgIpc) is 3.01. The number of aromatic nitrogens is 2. The van der Waals surface area contributed by atoms with Crippen molar-refractivity contribution in [3.63, 3.8) is 0 Å². The van der Waals surface area contributed by atoms with Gasteiger partial charge in [0.15, 0.2) is 4.34 Å². The summed E-state index contributed by atoms with van der Waals surface area (Å²) in [5, 5.41) is 14.6. The van der Waals surface area contributed by atoms with Gasteiger partial charge in [0.05, 0.1) is 5.75 Å². The molecule has 0 bridgehead atoms. The number of rotatable bonds is 7. The Morgan fingerprint density at radius 2 is 1.92 bits per heavy atom. The van der Waals surface area contributed by atoms with E-state index in [2.05, 4.69) is 20.8 Å². The minimum Gasteiger partial charge on any atom is -0.360 e. The number of nitrogens with zero attached hydrogens (tertiary/aromatic N) is 3. The summed E-state index contributed by atoms with van der Waals surface area (Å²) >= 11 is 2.76. The van der Waals surface area contributed by atoms with Crippen LogP contribution in [0.15, 0.2) is 28.6 Å². The molecule has 1 aromatic heterocycles. The van der Waals surface area contributed by atoms with Crippen molar-refractivity contribution in [3.8, 4) is 0 Å². The minimum atomic E-state index is -0.133. The highest BCUT2D eigenvalue weighted by atomic mass is 32.2. The summed E-state index contributed by atoms with van der Waals surface area (Å²) < 4.78 is 0.744. The van der Waals surface area contributed by atoms with Crippen LogP contribution in [0.2, 0.25) is 0 Å². The topological polar surface area (TPSA) is 87.2 Å². The van der Waals surface area contributed by atoms with Gasteiger partial charge in [0, 0.05) is 31.9 Å². The van der Waals surface area contributed by atoms with E-state index in [-0.39, 0.29) is 17.6 Å². The van der Waals surface area contributed by atoms with Gasteiger partial charge in [-0.25, -0.2) is 0 Å². The molecule has 7 nitrogen and oxygen atoms in total. The van der Waals surface area contributed by atoms with E-state index in [0.29, 0.717) is 11.3 Å². The first-order valence-electron chi connectivity index (χ1n) is 7.31. The molecule has 0 atom stereocenters. The smallest absolute Gasteiger partial charge is 0.253 e. The zero-order chi connectivity index (χ0) is 17.5. The number of benzene rings is 1. The van der Waals surface area contributed by atoms with E-state index in [0.717, 1.165) is 16.0 Å². The molecule has 24 heavy (non-hydrogen) atoms. The molecule has 0 fully saturated rings. The number of thioether (sulfide) groups is 1. The molecule has 0 aliphatic carbocycles. The standard InChI is InChI=1S/C15H19N5O2S2/c1-4-16-14-18-19-15(24-14)23-9-12(21)17-11-7-5-10(6-8-11)13(22)20(2)3/h5-8H,4,9H2,1-3H3,(H,16,18)(H,17,21). The van der Waals surface area contributed by atoms with Crippen LogP contribution >= 0.6 is 23.1 Å². The monoisotopic (exact) mass is 365 g/mol. The molecule has 0 unspecified atom stereocenters. The molecule has 0 aliphatic heterocycles. The van der Waals surface area contributed by atoms with Crippen LogP contribution < -0.4 is 10.6 Å². The Hall–Kier alpha value is -2.13. The molecule has 9 heteroatoms.